The molecule has 2 nitrogen and oxygen atoms in total. The minimum atomic E-state index is 0. The number of hydrogen-bond acceptors (Lipinski definition) is 3. The van der Waals surface area contributed by atoms with Gasteiger partial charge in [-0.2, -0.15) is 4.57 Å². The third-order valence-electron chi connectivity index (χ3n) is 4.61. The number of allylic oxidation sites excluding steroid dienone is 2. The zero-order chi connectivity index (χ0) is 18.1. The number of aromatic nitrogens is 1. The van der Waals surface area contributed by atoms with E-state index in [4.69, 9.17) is 0 Å². The van der Waals surface area contributed by atoms with Crippen LogP contribution in [0.4, 0.5) is 5.69 Å². The van der Waals surface area contributed by atoms with Gasteiger partial charge in [-0.1, -0.05) is 47.4 Å². The summed E-state index contributed by atoms with van der Waals surface area (Å²) in [4.78, 5) is 3.75. The van der Waals surface area contributed by atoms with Crippen molar-refractivity contribution in [3.05, 3.63) is 70.2 Å². The topological polar surface area (TPSA) is 7.12 Å². The Hall–Kier alpha value is -1.56. The molecule has 4 rings (SSSR count). The third kappa shape index (κ3) is 3.86. The van der Waals surface area contributed by atoms with Gasteiger partial charge in [0.25, 0.3) is 5.01 Å². The highest BCUT2D eigenvalue weighted by atomic mass is 79.9. The molecule has 0 saturated heterocycles. The lowest BCUT2D eigenvalue weighted by molar-refractivity contribution is -0.665. The zero-order valence-corrected chi connectivity index (χ0v) is 19.0. The first-order valence-corrected chi connectivity index (χ1v) is 10.7. The highest BCUT2D eigenvalue weighted by Crippen LogP contribution is 2.45. The molecule has 0 spiro atoms. The average Bonchev–Trinajstić information content (AvgIpc) is 3.17. The molecule has 0 bridgehead atoms. The molecule has 2 heterocycles. The first-order chi connectivity index (χ1) is 12.7. The fraction of sp³-hybridized carbons (Fsp3) is 0.227. The standard InChI is InChI=1S/C22H23N2S2.BrH/c1-4-23-17-10-6-8-12-19(17)25-21(23)14-16(3)15-22-24(5-2)18-11-7-9-13-20(18)26-22;/h6-15H,4-5H2,1-3H3;1H/q+1;/p-1. The maximum absolute atomic E-state index is 2.40. The average molecular weight is 459 g/mol. The number of rotatable bonds is 4. The Balaban J connectivity index is 0.00000210. The molecular weight excluding hydrogens is 436 g/mol. The fourth-order valence-electron chi connectivity index (χ4n) is 3.40. The molecule has 0 fully saturated rings. The van der Waals surface area contributed by atoms with Gasteiger partial charge in [-0.25, -0.2) is 0 Å². The molecule has 27 heavy (non-hydrogen) atoms. The highest BCUT2D eigenvalue weighted by molar-refractivity contribution is 8.03. The minimum Gasteiger partial charge on any atom is -1.00 e. The SMILES string of the molecule is CCN1C(=CC(C)=Cc2sc3ccccc3[n+]2CC)Sc2ccccc21.[Br-]. The van der Waals surface area contributed by atoms with E-state index in [9.17, 15) is 0 Å². The molecular formula is C22H23BrN2S2. The number of anilines is 1. The van der Waals surface area contributed by atoms with Gasteiger partial charge in [0, 0.05) is 23.6 Å². The maximum atomic E-state index is 2.40. The third-order valence-corrected chi connectivity index (χ3v) is 6.83. The van der Waals surface area contributed by atoms with Crippen molar-refractivity contribution in [3.63, 3.8) is 0 Å². The van der Waals surface area contributed by atoms with Crippen molar-refractivity contribution in [2.45, 2.75) is 32.2 Å². The molecule has 0 atom stereocenters. The Kier molecular flexibility index (Phi) is 6.45. The maximum Gasteiger partial charge on any atom is 0.262 e. The second-order valence-electron chi connectivity index (χ2n) is 6.34. The number of para-hydroxylation sites is 2. The van der Waals surface area contributed by atoms with E-state index in [-0.39, 0.29) is 17.0 Å². The number of hydrogen-bond donors (Lipinski definition) is 0. The molecule has 3 aromatic rings. The van der Waals surface area contributed by atoms with E-state index in [1.54, 1.807) is 0 Å². The Morgan fingerprint density at radius 3 is 2.59 bits per heavy atom. The lowest BCUT2D eigenvalue weighted by Crippen LogP contribution is -3.00. The van der Waals surface area contributed by atoms with E-state index in [1.807, 2.05) is 23.1 Å². The Labute approximate surface area is 180 Å². The number of aryl methyl sites for hydroxylation is 1. The van der Waals surface area contributed by atoms with E-state index in [2.05, 4.69) is 90.9 Å². The van der Waals surface area contributed by atoms with E-state index in [0.717, 1.165) is 13.1 Å². The molecule has 0 N–H and O–H groups in total. The van der Waals surface area contributed by atoms with Crippen LogP contribution >= 0.6 is 23.1 Å². The summed E-state index contributed by atoms with van der Waals surface area (Å²) in [6.45, 7) is 8.61. The molecule has 0 saturated carbocycles. The van der Waals surface area contributed by atoms with Crippen LogP contribution in [-0.2, 0) is 6.54 Å². The smallest absolute Gasteiger partial charge is 0.262 e. The van der Waals surface area contributed by atoms with Crippen molar-refractivity contribution in [1.82, 2.24) is 0 Å². The number of thiazole rings is 1. The van der Waals surface area contributed by atoms with Crippen molar-refractivity contribution in [2.75, 3.05) is 11.4 Å². The van der Waals surface area contributed by atoms with Crippen LogP contribution in [0.1, 0.15) is 25.8 Å². The van der Waals surface area contributed by atoms with E-state index < -0.39 is 0 Å². The molecule has 0 radical (unpaired) electrons. The van der Waals surface area contributed by atoms with Crippen molar-refractivity contribution >= 4 is 45.1 Å². The van der Waals surface area contributed by atoms with Crippen LogP contribution in [-0.4, -0.2) is 6.54 Å². The van der Waals surface area contributed by atoms with Crippen LogP contribution in [0.3, 0.4) is 0 Å². The predicted molar refractivity (Wildman–Crippen MR) is 115 cm³/mol. The summed E-state index contributed by atoms with van der Waals surface area (Å²) in [5, 5.41) is 2.62. The molecule has 0 unspecified atom stereocenters. The van der Waals surface area contributed by atoms with E-state index in [0.29, 0.717) is 0 Å². The van der Waals surface area contributed by atoms with Gasteiger partial charge in [0.2, 0.25) is 5.52 Å². The van der Waals surface area contributed by atoms with Gasteiger partial charge >= 0.3 is 0 Å². The van der Waals surface area contributed by atoms with Crippen LogP contribution < -0.4 is 26.4 Å². The van der Waals surface area contributed by atoms with Gasteiger partial charge < -0.3 is 21.9 Å². The monoisotopic (exact) mass is 458 g/mol. The summed E-state index contributed by atoms with van der Waals surface area (Å²) in [5.41, 5.74) is 3.93. The van der Waals surface area contributed by atoms with Crippen LogP contribution in [0.2, 0.25) is 0 Å². The summed E-state index contributed by atoms with van der Waals surface area (Å²) in [5.74, 6) is 0. The number of fused-ring (bicyclic) bond motifs is 2. The minimum absolute atomic E-state index is 0. The molecule has 0 aliphatic carbocycles. The Bertz CT molecular complexity index is 1020. The summed E-state index contributed by atoms with van der Waals surface area (Å²) in [7, 11) is 0. The molecule has 140 valence electrons. The van der Waals surface area contributed by atoms with Crippen molar-refractivity contribution in [3.8, 4) is 0 Å². The number of halogens is 1. The van der Waals surface area contributed by atoms with Gasteiger partial charge in [-0.15, -0.1) is 0 Å². The Morgan fingerprint density at radius 1 is 1.07 bits per heavy atom. The molecule has 1 aliphatic heterocycles. The Morgan fingerprint density at radius 2 is 1.81 bits per heavy atom. The van der Waals surface area contributed by atoms with Crippen LogP contribution in [0.15, 0.2) is 70.1 Å². The number of nitrogens with zero attached hydrogens (tertiary/aromatic N) is 2. The normalized spacial score (nSPS) is 15.3. The van der Waals surface area contributed by atoms with Gasteiger partial charge in [-0.05, 0) is 50.6 Å². The van der Waals surface area contributed by atoms with Crippen molar-refractivity contribution in [1.29, 1.82) is 0 Å². The zero-order valence-electron chi connectivity index (χ0n) is 15.8. The van der Waals surface area contributed by atoms with Crippen LogP contribution in [0.5, 0.6) is 0 Å². The summed E-state index contributed by atoms with van der Waals surface area (Å²) < 4.78 is 3.75. The lowest BCUT2D eigenvalue weighted by atomic mass is 10.2. The first kappa shape index (κ1) is 20.2. The van der Waals surface area contributed by atoms with Crippen molar-refractivity contribution in [2.24, 2.45) is 0 Å². The first-order valence-electron chi connectivity index (χ1n) is 9.07. The van der Waals surface area contributed by atoms with Crippen LogP contribution in [0, 0.1) is 0 Å². The molecule has 5 heteroatoms. The summed E-state index contributed by atoms with van der Waals surface area (Å²) in [6, 6.07) is 17.3. The molecule has 2 aromatic carbocycles. The summed E-state index contributed by atoms with van der Waals surface area (Å²) >= 11 is 3.73. The van der Waals surface area contributed by atoms with E-state index >= 15 is 0 Å². The molecule has 0 amide bonds. The second kappa shape index (κ2) is 8.63. The van der Waals surface area contributed by atoms with Gasteiger partial charge in [-0.3, -0.25) is 0 Å². The van der Waals surface area contributed by atoms with E-state index in [1.165, 1.54) is 36.4 Å². The number of thioether (sulfide) groups is 1. The number of benzene rings is 2. The van der Waals surface area contributed by atoms with Gasteiger partial charge in [0.15, 0.2) is 0 Å². The van der Waals surface area contributed by atoms with Crippen molar-refractivity contribution < 1.29 is 21.5 Å². The van der Waals surface area contributed by atoms with Gasteiger partial charge in [0.05, 0.1) is 10.7 Å². The summed E-state index contributed by atoms with van der Waals surface area (Å²) in [6.07, 6.45) is 4.64. The molecule has 1 aromatic heterocycles. The second-order valence-corrected chi connectivity index (χ2v) is 8.46. The van der Waals surface area contributed by atoms with Gasteiger partial charge in [0.1, 0.15) is 11.2 Å². The quantitative estimate of drug-likeness (QED) is 0.554. The predicted octanol–water partition coefficient (Wildman–Crippen LogP) is 3.09. The molecule has 1 aliphatic rings. The fourth-order valence-corrected chi connectivity index (χ4v) is 5.88. The lowest BCUT2D eigenvalue weighted by Gasteiger charge is -2.17. The largest absolute Gasteiger partial charge is 1.00 e. The highest BCUT2D eigenvalue weighted by Gasteiger charge is 2.23. The van der Waals surface area contributed by atoms with Crippen LogP contribution in [0.25, 0.3) is 16.3 Å².